The summed E-state index contributed by atoms with van der Waals surface area (Å²) in [6.07, 6.45) is 0. The van der Waals surface area contributed by atoms with E-state index in [2.05, 4.69) is 15.6 Å². The number of fused-ring (bicyclic) bond motifs is 1. The van der Waals surface area contributed by atoms with E-state index in [0.29, 0.717) is 11.5 Å². The van der Waals surface area contributed by atoms with Gasteiger partial charge in [0.25, 0.3) is 5.91 Å². The molecule has 0 aliphatic carbocycles. The van der Waals surface area contributed by atoms with Crippen LogP contribution in [-0.2, 0) is 7.05 Å². The molecule has 108 valence electrons. The normalized spacial score (nSPS) is 12.5. The van der Waals surface area contributed by atoms with Gasteiger partial charge >= 0.3 is 0 Å². The van der Waals surface area contributed by atoms with Gasteiger partial charge in [0.2, 0.25) is 0 Å². The number of aryl methyl sites for hydroxylation is 2. The fourth-order valence-corrected chi connectivity index (χ4v) is 2.31. The monoisotopic (exact) mass is 284 g/mol. The maximum atomic E-state index is 12.4. The lowest BCUT2D eigenvalue weighted by molar-refractivity contribution is 0.0929. The average molecular weight is 284 g/mol. The molecule has 3 aromatic rings. The van der Waals surface area contributed by atoms with Gasteiger partial charge in [-0.2, -0.15) is 5.10 Å². The lowest BCUT2D eigenvalue weighted by Gasteiger charge is -2.09. The largest absolute Gasteiger partial charge is 0.359 e. The number of carbonyl (C=O) groups is 1. The van der Waals surface area contributed by atoms with Crippen molar-refractivity contribution < 1.29 is 9.32 Å². The first-order valence-electron chi connectivity index (χ1n) is 6.72. The second-order valence-electron chi connectivity index (χ2n) is 5.06. The predicted molar refractivity (Wildman–Crippen MR) is 77.8 cm³/mol. The zero-order chi connectivity index (χ0) is 15.0. The summed E-state index contributed by atoms with van der Waals surface area (Å²) in [5.41, 5.74) is 2.12. The molecule has 0 aliphatic rings. The number of aromatic nitrogens is 3. The third-order valence-electron chi connectivity index (χ3n) is 3.39. The minimum absolute atomic E-state index is 0.228. The molecule has 0 aliphatic heterocycles. The molecule has 0 radical (unpaired) electrons. The second kappa shape index (κ2) is 5.05. The van der Waals surface area contributed by atoms with E-state index in [1.54, 1.807) is 4.68 Å². The van der Waals surface area contributed by atoms with E-state index in [0.717, 1.165) is 16.6 Å². The minimum Gasteiger partial charge on any atom is -0.359 e. The topological polar surface area (TPSA) is 73.0 Å². The highest BCUT2D eigenvalue weighted by Gasteiger charge is 2.19. The smallest absolute Gasteiger partial charge is 0.273 e. The van der Waals surface area contributed by atoms with E-state index in [4.69, 9.17) is 4.52 Å². The lowest BCUT2D eigenvalue weighted by Crippen LogP contribution is -2.27. The van der Waals surface area contributed by atoms with Crippen LogP contribution in [0.5, 0.6) is 0 Å². The fourth-order valence-electron chi connectivity index (χ4n) is 2.31. The van der Waals surface area contributed by atoms with Crippen LogP contribution in [0.4, 0.5) is 0 Å². The number of nitrogens with zero attached hydrogens (tertiary/aromatic N) is 3. The Morgan fingerprint density at radius 1 is 1.38 bits per heavy atom. The second-order valence-corrected chi connectivity index (χ2v) is 5.06. The summed E-state index contributed by atoms with van der Waals surface area (Å²) in [4.78, 5) is 12.4. The van der Waals surface area contributed by atoms with Crippen LogP contribution in [0.25, 0.3) is 10.9 Å². The van der Waals surface area contributed by atoms with Gasteiger partial charge in [0.05, 0.1) is 17.3 Å². The molecule has 0 bridgehead atoms. The molecular formula is C15H16N4O2. The number of benzene rings is 1. The lowest BCUT2D eigenvalue weighted by atomic mass is 10.2. The Balaban J connectivity index is 1.87. The Morgan fingerprint density at radius 2 is 2.14 bits per heavy atom. The van der Waals surface area contributed by atoms with Crippen LogP contribution in [0.2, 0.25) is 0 Å². The van der Waals surface area contributed by atoms with Crippen LogP contribution in [0, 0.1) is 6.92 Å². The highest BCUT2D eigenvalue weighted by atomic mass is 16.5. The van der Waals surface area contributed by atoms with Gasteiger partial charge in [0.1, 0.15) is 0 Å². The highest BCUT2D eigenvalue weighted by Crippen LogP contribution is 2.19. The van der Waals surface area contributed by atoms with Crippen LogP contribution in [0.3, 0.4) is 0 Å². The van der Waals surface area contributed by atoms with Crippen LogP contribution < -0.4 is 5.32 Å². The maximum absolute atomic E-state index is 12.4. The summed E-state index contributed by atoms with van der Waals surface area (Å²) >= 11 is 0. The number of para-hydroxylation sites is 1. The first kappa shape index (κ1) is 13.4. The van der Waals surface area contributed by atoms with Gasteiger partial charge < -0.3 is 9.84 Å². The van der Waals surface area contributed by atoms with Gasteiger partial charge in [-0.05, 0) is 19.9 Å². The standard InChI is InChI=1S/C15H16N4O2/c1-9-8-13(21-18-9)10(2)16-15(20)14-11-6-4-5-7-12(11)19(3)17-14/h4-8,10H,1-3H3,(H,16,20). The molecule has 3 rings (SSSR count). The van der Waals surface area contributed by atoms with Crippen LogP contribution >= 0.6 is 0 Å². The van der Waals surface area contributed by atoms with E-state index >= 15 is 0 Å². The summed E-state index contributed by atoms with van der Waals surface area (Å²) in [7, 11) is 1.82. The van der Waals surface area contributed by atoms with E-state index in [-0.39, 0.29) is 11.9 Å². The first-order valence-corrected chi connectivity index (χ1v) is 6.72. The molecule has 0 spiro atoms. The summed E-state index contributed by atoms with van der Waals surface area (Å²) < 4.78 is 6.87. The van der Waals surface area contributed by atoms with Gasteiger partial charge in [-0.3, -0.25) is 9.48 Å². The van der Waals surface area contributed by atoms with Crippen LogP contribution in [0.1, 0.15) is 34.9 Å². The molecule has 0 saturated heterocycles. The zero-order valence-electron chi connectivity index (χ0n) is 12.1. The third kappa shape index (κ3) is 2.40. The molecule has 1 aromatic carbocycles. The molecule has 1 amide bonds. The molecule has 0 fully saturated rings. The van der Waals surface area contributed by atoms with Gasteiger partial charge in [0.15, 0.2) is 11.5 Å². The average Bonchev–Trinajstić information content (AvgIpc) is 3.04. The number of hydrogen-bond acceptors (Lipinski definition) is 4. The summed E-state index contributed by atoms with van der Waals surface area (Å²) in [6, 6.07) is 9.18. The quantitative estimate of drug-likeness (QED) is 0.801. The van der Waals surface area contributed by atoms with Crippen molar-refractivity contribution in [3.05, 3.63) is 47.5 Å². The molecule has 0 saturated carbocycles. The molecular weight excluding hydrogens is 268 g/mol. The van der Waals surface area contributed by atoms with E-state index in [1.165, 1.54) is 0 Å². The van der Waals surface area contributed by atoms with Crippen molar-refractivity contribution in [2.75, 3.05) is 0 Å². The first-order chi connectivity index (χ1) is 10.1. The number of nitrogens with one attached hydrogen (secondary N) is 1. The van der Waals surface area contributed by atoms with Crippen molar-refractivity contribution in [2.45, 2.75) is 19.9 Å². The highest BCUT2D eigenvalue weighted by molar-refractivity contribution is 6.04. The van der Waals surface area contributed by atoms with Gasteiger partial charge in [-0.1, -0.05) is 23.4 Å². The van der Waals surface area contributed by atoms with E-state index in [9.17, 15) is 4.79 Å². The SMILES string of the molecule is Cc1cc(C(C)NC(=O)c2nn(C)c3ccccc23)on1. The maximum Gasteiger partial charge on any atom is 0.273 e. The van der Waals surface area contributed by atoms with Gasteiger partial charge in [0, 0.05) is 18.5 Å². The van der Waals surface area contributed by atoms with Crippen molar-refractivity contribution in [2.24, 2.45) is 7.05 Å². The summed E-state index contributed by atoms with van der Waals surface area (Å²) in [6.45, 7) is 3.69. The molecule has 1 N–H and O–H groups in total. The Morgan fingerprint density at radius 3 is 2.86 bits per heavy atom. The van der Waals surface area contributed by atoms with Crippen molar-refractivity contribution in [3.63, 3.8) is 0 Å². The van der Waals surface area contributed by atoms with E-state index in [1.807, 2.05) is 51.2 Å². The Bertz CT molecular complexity index is 803. The molecule has 2 heterocycles. The summed E-state index contributed by atoms with van der Waals surface area (Å²) in [5, 5.41) is 11.8. The van der Waals surface area contributed by atoms with Crippen molar-refractivity contribution in [1.29, 1.82) is 0 Å². The molecule has 6 heteroatoms. The predicted octanol–water partition coefficient (Wildman–Crippen LogP) is 2.36. The number of rotatable bonds is 3. The van der Waals surface area contributed by atoms with Gasteiger partial charge in [-0.25, -0.2) is 0 Å². The summed E-state index contributed by atoms with van der Waals surface area (Å²) in [5.74, 6) is 0.398. The molecule has 21 heavy (non-hydrogen) atoms. The van der Waals surface area contributed by atoms with Crippen LogP contribution in [-0.4, -0.2) is 20.8 Å². The Kier molecular flexibility index (Phi) is 3.21. The molecule has 1 atom stereocenters. The number of hydrogen-bond donors (Lipinski definition) is 1. The molecule has 6 nitrogen and oxygen atoms in total. The van der Waals surface area contributed by atoms with Gasteiger partial charge in [-0.15, -0.1) is 0 Å². The van der Waals surface area contributed by atoms with Crippen molar-refractivity contribution in [1.82, 2.24) is 20.3 Å². The number of amides is 1. The van der Waals surface area contributed by atoms with Crippen molar-refractivity contribution in [3.8, 4) is 0 Å². The third-order valence-corrected chi connectivity index (χ3v) is 3.39. The number of carbonyl (C=O) groups excluding carboxylic acids is 1. The minimum atomic E-state index is -0.264. The fraction of sp³-hybridized carbons (Fsp3) is 0.267. The molecule has 1 unspecified atom stereocenters. The zero-order valence-corrected chi connectivity index (χ0v) is 12.1. The van der Waals surface area contributed by atoms with Crippen molar-refractivity contribution >= 4 is 16.8 Å². The Hall–Kier alpha value is -2.63. The Labute approximate surface area is 121 Å². The molecule has 2 aromatic heterocycles. The van der Waals surface area contributed by atoms with E-state index < -0.39 is 0 Å². The van der Waals surface area contributed by atoms with Crippen LogP contribution in [0.15, 0.2) is 34.9 Å².